The number of pyridine rings is 1. The van der Waals surface area contributed by atoms with E-state index in [2.05, 4.69) is 10.3 Å². The van der Waals surface area contributed by atoms with Crippen molar-refractivity contribution in [3.63, 3.8) is 0 Å². The van der Waals surface area contributed by atoms with Crippen LogP contribution in [0.1, 0.15) is 12.8 Å². The maximum Gasteiger partial charge on any atom is 0.0716 e. The second kappa shape index (κ2) is 5.33. The van der Waals surface area contributed by atoms with Crippen molar-refractivity contribution in [3.8, 4) is 0 Å². The smallest absolute Gasteiger partial charge is 0.0716 e. The highest BCUT2D eigenvalue weighted by atomic mass is 35.5. The first-order chi connectivity index (χ1) is 7.36. The van der Waals surface area contributed by atoms with Crippen LogP contribution in [0.25, 0.3) is 0 Å². The van der Waals surface area contributed by atoms with E-state index in [0.29, 0.717) is 5.92 Å². The number of ether oxygens (including phenoxy) is 1. The SMILES string of the molecule is Clc1ccncc1NCC1CCCOC1. The predicted octanol–water partition coefficient (Wildman–Crippen LogP) is 2.57. The summed E-state index contributed by atoms with van der Waals surface area (Å²) >= 11 is 6.01. The zero-order valence-corrected chi connectivity index (χ0v) is 9.33. The molecule has 1 aliphatic heterocycles. The summed E-state index contributed by atoms with van der Waals surface area (Å²) in [5, 5.41) is 4.03. The summed E-state index contributed by atoms with van der Waals surface area (Å²) < 4.78 is 5.41. The van der Waals surface area contributed by atoms with E-state index in [1.54, 1.807) is 18.5 Å². The minimum Gasteiger partial charge on any atom is -0.382 e. The van der Waals surface area contributed by atoms with E-state index in [1.807, 2.05) is 0 Å². The monoisotopic (exact) mass is 226 g/mol. The van der Waals surface area contributed by atoms with Gasteiger partial charge in [-0.25, -0.2) is 0 Å². The Hall–Kier alpha value is -0.800. The van der Waals surface area contributed by atoms with Gasteiger partial charge in [-0.1, -0.05) is 11.6 Å². The second-order valence-corrected chi connectivity index (χ2v) is 4.23. The molecule has 1 aromatic rings. The minimum absolute atomic E-state index is 0.593. The lowest BCUT2D eigenvalue weighted by Gasteiger charge is -2.22. The van der Waals surface area contributed by atoms with Crippen LogP contribution in [0.2, 0.25) is 5.02 Å². The third-order valence-electron chi connectivity index (χ3n) is 2.60. The van der Waals surface area contributed by atoms with Crippen LogP contribution in [0.4, 0.5) is 5.69 Å². The van der Waals surface area contributed by atoms with Crippen LogP contribution < -0.4 is 5.32 Å². The van der Waals surface area contributed by atoms with Gasteiger partial charge in [0.05, 0.1) is 23.5 Å². The molecule has 4 heteroatoms. The summed E-state index contributed by atoms with van der Waals surface area (Å²) in [7, 11) is 0. The molecule has 15 heavy (non-hydrogen) atoms. The Morgan fingerprint density at radius 3 is 3.27 bits per heavy atom. The second-order valence-electron chi connectivity index (χ2n) is 3.82. The fourth-order valence-corrected chi connectivity index (χ4v) is 1.90. The number of nitrogens with one attached hydrogen (secondary N) is 1. The molecule has 0 bridgehead atoms. The molecule has 1 atom stereocenters. The maximum absolute atomic E-state index is 6.01. The number of aromatic nitrogens is 1. The topological polar surface area (TPSA) is 34.2 Å². The van der Waals surface area contributed by atoms with Crippen LogP contribution in [0.15, 0.2) is 18.5 Å². The first kappa shape index (κ1) is 10.7. The summed E-state index contributed by atoms with van der Waals surface area (Å²) in [6.07, 6.45) is 5.83. The highest BCUT2D eigenvalue weighted by Crippen LogP contribution is 2.21. The number of anilines is 1. The molecule has 0 saturated carbocycles. The molecule has 0 radical (unpaired) electrons. The largest absolute Gasteiger partial charge is 0.382 e. The van der Waals surface area contributed by atoms with Crippen LogP contribution >= 0.6 is 11.6 Å². The molecule has 0 spiro atoms. The number of hydrogen-bond donors (Lipinski definition) is 1. The van der Waals surface area contributed by atoms with Crippen LogP contribution in [-0.2, 0) is 4.74 Å². The molecule has 1 aliphatic rings. The molecule has 82 valence electrons. The maximum atomic E-state index is 6.01. The molecule has 2 heterocycles. The van der Waals surface area contributed by atoms with Gasteiger partial charge in [-0.2, -0.15) is 0 Å². The number of halogens is 1. The standard InChI is InChI=1S/C11H15ClN2O/c12-10-3-4-13-7-11(10)14-6-9-2-1-5-15-8-9/h3-4,7,9,14H,1-2,5-6,8H2. The van der Waals surface area contributed by atoms with Crippen molar-refractivity contribution in [1.82, 2.24) is 4.98 Å². The molecule has 2 rings (SSSR count). The normalized spacial score (nSPS) is 21.3. The van der Waals surface area contributed by atoms with Gasteiger partial charge in [-0.3, -0.25) is 4.98 Å². The summed E-state index contributed by atoms with van der Waals surface area (Å²) in [4.78, 5) is 4.03. The average Bonchev–Trinajstić information content (AvgIpc) is 2.29. The van der Waals surface area contributed by atoms with Crippen molar-refractivity contribution in [1.29, 1.82) is 0 Å². The first-order valence-corrected chi connectivity index (χ1v) is 5.65. The molecule has 1 fully saturated rings. The molecule has 1 aromatic heterocycles. The molecule has 1 saturated heterocycles. The highest BCUT2D eigenvalue weighted by Gasteiger charge is 2.13. The van der Waals surface area contributed by atoms with Crippen LogP contribution in [0.3, 0.4) is 0 Å². The quantitative estimate of drug-likeness (QED) is 0.860. The van der Waals surface area contributed by atoms with Gasteiger partial charge in [-0.15, -0.1) is 0 Å². The number of nitrogens with zero attached hydrogens (tertiary/aromatic N) is 1. The molecule has 0 amide bonds. The van der Waals surface area contributed by atoms with Gasteiger partial charge in [0.2, 0.25) is 0 Å². The van der Waals surface area contributed by atoms with Crippen LogP contribution in [0, 0.1) is 5.92 Å². The van der Waals surface area contributed by atoms with E-state index in [-0.39, 0.29) is 0 Å². The lowest BCUT2D eigenvalue weighted by molar-refractivity contribution is 0.0595. The Bertz CT molecular complexity index is 313. The van der Waals surface area contributed by atoms with E-state index >= 15 is 0 Å². The molecule has 0 aromatic carbocycles. The van der Waals surface area contributed by atoms with Crippen LogP contribution in [-0.4, -0.2) is 24.7 Å². The lowest BCUT2D eigenvalue weighted by Crippen LogP contribution is -2.24. The number of rotatable bonds is 3. The molecule has 1 N–H and O–H groups in total. The van der Waals surface area contributed by atoms with E-state index in [9.17, 15) is 0 Å². The summed E-state index contributed by atoms with van der Waals surface area (Å²) in [6.45, 7) is 2.67. The van der Waals surface area contributed by atoms with Crippen molar-refractivity contribution < 1.29 is 4.74 Å². The van der Waals surface area contributed by atoms with Crippen molar-refractivity contribution in [2.45, 2.75) is 12.8 Å². The third kappa shape index (κ3) is 3.08. The Morgan fingerprint density at radius 1 is 1.60 bits per heavy atom. The number of hydrogen-bond acceptors (Lipinski definition) is 3. The van der Waals surface area contributed by atoms with Crippen molar-refractivity contribution in [2.24, 2.45) is 5.92 Å². The van der Waals surface area contributed by atoms with E-state index in [0.717, 1.165) is 36.9 Å². The molecular formula is C11H15ClN2O. The molecule has 1 unspecified atom stereocenters. The fraction of sp³-hybridized carbons (Fsp3) is 0.545. The van der Waals surface area contributed by atoms with E-state index < -0.39 is 0 Å². The zero-order chi connectivity index (χ0) is 10.5. The zero-order valence-electron chi connectivity index (χ0n) is 8.58. The fourth-order valence-electron chi connectivity index (χ4n) is 1.73. The molecule has 3 nitrogen and oxygen atoms in total. The van der Waals surface area contributed by atoms with Crippen molar-refractivity contribution >= 4 is 17.3 Å². The van der Waals surface area contributed by atoms with Gasteiger partial charge in [0.1, 0.15) is 0 Å². The van der Waals surface area contributed by atoms with Gasteiger partial charge < -0.3 is 10.1 Å². The van der Waals surface area contributed by atoms with Gasteiger partial charge >= 0.3 is 0 Å². The average molecular weight is 227 g/mol. The van der Waals surface area contributed by atoms with Crippen molar-refractivity contribution in [3.05, 3.63) is 23.5 Å². The van der Waals surface area contributed by atoms with Crippen molar-refractivity contribution in [2.75, 3.05) is 25.1 Å². The van der Waals surface area contributed by atoms with E-state index in [1.165, 1.54) is 6.42 Å². The predicted molar refractivity (Wildman–Crippen MR) is 61.3 cm³/mol. The van der Waals surface area contributed by atoms with Gasteiger partial charge in [0, 0.05) is 19.3 Å². The van der Waals surface area contributed by atoms with E-state index in [4.69, 9.17) is 16.3 Å². The van der Waals surface area contributed by atoms with Crippen LogP contribution in [0.5, 0.6) is 0 Å². The minimum atomic E-state index is 0.593. The Labute approximate surface area is 94.8 Å². The highest BCUT2D eigenvalue weighted by molar-refractivity contribution is 6.33. The summed E-state index contributed by atoms with van der Waals surface area (Å²) in [5.41, 5.74) is 0.907. The summed E-state index contributed by atoms with van der Waals surface area (Å²) in [5.74, 6) is 0.593. The first-order valence-electron chi connectivity index (χ1n) is 5.27. The Balaban J connectivity index is 1.84. The summed E-state index contributed by atoms with van der Waals surface area (Å²) in [6, 6.07) is 1.79. The Kier molecular flexibility index (Phi) is 3.80. The van der Waals surface area contributed by atoms with Gasteiger partial charge in [-0.05, 0) is 24.8 Å². The lowest BCUT2D eigenvalue weighted by atomic mass is 10.0. The molecular weight excluding hydrogens is 212 g/mol. The Morgan fingerprint density at radius 2 is 2.53 bits per heavy atom. The third-order valence-corrected chi connectivity index (χ3v) is 2.93. The molecule has 0 aliphatic carbocycles. The van der Waals surface area contributed by atoms with Gasteiger partial charge in [0.25, 0.3) is 0 Å². The van der Waals surface area contributed by atoms with Gasteiger partial charge in [0.15, 0.2) is 0 Å².